The smallest absolute Gasteiger partial charge is 0.227 e. The number of carbonyl (C=O) groups excluding carboxylic acids is 1. The summed E-state index contributed by atoms with van der Waals surface area (Å²) in [5.74, 6) is 0.264. The van der Waals surface area contributed by atoms with Gasteiger partial charge in [-0.15, -0.1) is 12.4 Å². The van der Waals surface area contributed by atoms with Crippen molar-refractivity contribution in [3.8, 4) is 0 Å². The number of anilines is 1. The third-order valence-electron chi connectivity index (χ3n) is 4.04. The number of fused-ring (bicyclic) bond motifs is 1. The highest BCUT2D eigenvalue weighted by Gasteiger charge is 2.24. The zero-order valence-corrected chi connectivity index (χ0v) is 13.0. The first kappa shape index (κ1) is 15.8. The molecule has 0 saturated carbocycles. The average Bonchev–Trinajstić information content (AvgIpc) is 2.47. The summed E-state index contributed by atoms with van der Waals surface area (Å²) >= 11 is 0. The van der Waals surface area contributed by atoms with Crippen LogP contribution in [0, 0.1) is 5.92 Å². The lowest BCUT2D eigenvalue weighted by molar-refractivity contribution is -0.120. The molecular formula is C17H21ClN2O. The van der Waals surface area contributed by atoms with E-state index in [2.05, 4.69) is 35.8 Å². The molecule has 0 radical (unpaired) electrons. The molecule has 21 heavy (non-hydrogen) atoms. The molecule has 112 valence electrons. The van der Waals surface area contributed by atoms with Crippen molar-refractivity contribution in [1.29, 1.82) is 0 Å². The zero-order chi connectivity index (χ0) is 13.9. The number of hydrogen-bond donors (Lipinski definition) is 2. The Kier molecular flexibility index (Phi) is 5.21. The van der Waals surface area contributed by atoms with Gasteiger partial charge >= 0.3 is 0 Å². The second-order valence-electron chi connectivity index (χ2n) is 5.59. The van der Waals surface area contributed by atoms with Crippen molar-refractivity contribution in [1.82, 2.24) is 5.32 Å². The van der Waals surface area contributed by atoms with E-state index in [0.29, 0.717) is 6.04 Å². The highest BCUT2D eigenvalue weighted by Crippen LogP contribution is 2.25. The average molecular weight is 305 g/mol. The summed E-state index contributed by atoms with van der Waals surface area (Å²) in [5, 5.41) is 8.75. The number of piperidine rings is 1. The molecule has 4 heteroatoms. The predicted molar refractivity (Wildman–Crippen MR) is 90.0 cm³/mol. The number of hydrogen-bond acceptors (Lipinski definition) is 2. The lowest BCUT2D eigenvalue weighted by Gasteiger charge is -2.27. The number of rotatable bonds is 2. The monoisotopic (exact) mass is 304 g/mol. The molecule has 0 aromatic heterocycles. The largest absolute Gasteiger partial charge is 0.325 e. The normalized spacial score (nSPS) is 21.6. The quantitative estimate of drug-likeness (QED) is 0.890. The van der Waals surface area contributed by atoms with E-state index >= 15 is 0 Å². The molecule has 0 spiro atoms. The number of carbonyl (C=O) groups is 1. The zero-order valence-electron chi connectivity index (χ0n) is 12.1. The Hall–Kier alpha value is -1.58. The van der Waals surface area contributed by atoms with E-state index < -0.39 is 0 Å². The molecule has 0 bridgehead atoms. The van der Waals surface area contributed by atoms with Gasteiger partial charge in [-0.25, -0.2) is 0 Å². The molecule has 2 atom stereocenters. The standard InChI is InChI=1S/C17H20N2O.ClH/c1-12-11-14(9-10-18-12)17(20)19-16-8-4-6-13-5-2-3-7-15(13)16;/h2-8,12,14,18H,9-11H2,1H3,(H,19,20);1H/t12-,14-;/m0./s1. The van der Waals surface area contributed by atoms with Gasteiger partial charge in [0.05, 0.1) is 0 Å². The van der Waals surface area contributed by atoms with Crippen molar-refractivity contribution in [3.05, 3.63) is 42.5 Å². The van der Waals surface area contributed by atoms with E-state index in [9.17, 15) is 4.79 Å². The third-order valence-corrected chi connectivity index (χ3v) is 4.04. The van der Waals surface area contributed by atoms with Crippen LogP contribution in [0.2, 0.25) is 0 Å². The van der Waals surface area contributed by atoms with Gasteiger partial charge in [-0.05, 0) is 37.8 Å². The molecule has 1 amide bonds. The predicted octanol–water partition coefficient (Wildman–Crippen LogP) is 3.59. The molecule has 3 nitrogen and oxygen atoms in total. The van der Waals surface area contributed by atoms with Crippen LogP contribution in [0.25, 0.3) is 10.8 Å². The Labute approximate surface area is 131 Å². The van der Waals surface area contributed by atoms with Gasteiger partial charge < -0.3 is 10.6 Å². The van der Waals surface area contributed by atoms with Crippen LogP contribution in [0.15, 0.2) is 42.5 Å². The van der Waals surface area contributed by atoms with Crippen molar-refractivity contribution in [3.63, 3.8) is 0 Å². The van der Waals surface area contributed by atoms with Gasteiger partial charge in [0.1, 0.15) is 0 Å². The summed E-state index contributed by atoms with van der Waals surface area (Å²) < 4.78 is 0. The van der Waals surface area contributed by atoms with Crippen LogP contribution in [-0.2, 0) is 4.79 Å². The van der Waals surface area contributed by atoms with Crippen LogP contribution in [-0.4, -0.2) is 18.5 Å². The molecule has 3 rings (SSSR count). The van der Waals surface area contributed by atoms with Crippen LogP contribution >= 0.6 is 12.4 Å². The summed E-state index contributed by atoms with van der Waals surface area (Å²) in [6.45, 7) is 3.06. The minimum atomic E-state index is 0. The maximum Gasteiger partial charge on any atom is 0.227 e. The molecule has 2 aromatic rings. The molecule has 2 N–H and O–H groups in total. The maximum atomic E-state index is 12.4. The summed E-state index contributed by atoms with van der Waals surface area (Å²) in [7, 11) is 0. The third kappa shape index (κ3) is 3.55. The van der Waals surface area contributed by atoms with Crippen LogP contribution in [0.3, 0.4) is 0 Å². The second kappa shape index (κ2) is 6.92. The van der Waals surface area contributed by atoms with Crippen molar-refractivity contribution in [2.45, 2.75) is 25.8 Å². The highest BCUT2D eigenvalue weighted by molar-refractivity contribution is 6.02. The van der Waals surface area contributed by atoms with E-state index in [1.165, 1.54) is 0 Å². The molecule has 1 aliphatic rings. The SMILES string of the molecule is C[C@H]1C[C@@H](C(=O)Nc2cccc3ccccc23)CCN1.Cl. The van der Waals surface area contributed by atoms with Gasteiger partial charge in [0, 0.05) is 23.0 Å². The van der Waals surface area contributed by atoms with Gasteiger partial charge in [-0.2, -0.15) is 0 Å². The van der Waals surface area contributed by atoms with Gasteiger partial charge in [-0.3, -0.25) is 4.79 Å². The van der Waals surface area contributed by atoms with Gasteiger partial charge in [-0.1, -0.05) is 36.4 Å². The van der Waals surface area contributed by atoms with E-state index in [4.69, 9.17) is 0 Å². The van der Waals surface area contributed by atoms with E-state index in [0.717, 1.165) is 35.8 Å². The number of halogens is 1. The number of amides is 1. The van der Waals surface area contributed by atoms with Crippen molar-refractivity contribution >= 4 is 34.8 Å². The fourth-order valence-electron chi connectivity index (χ4n) is 2.94. The number of benzene rings is 2. The first-order valence-electron chi connectivity index (χ1n) is 7.26. The summed E-state index contributed by atoms with van der Waals surface area (Å²) in [6.07, 6.45) is 1.83. The molecule has 0 aliphatic carbocycles. The van der Waals surface area contributed by atoms with E-state index in [-0.39, 0.29) is 24.2 Å². The van der Waals surface area contributed by atoms with Crippen molar-refractivity contribution < 1.29 is 4.79 Å². The Bertz CT molecular complexity index is 624. The topological polar surface area (TPSA) is 41.1 Å². The molecule has 2 aromatic carbocycles. The van der Waals surface area contributed by atoms with E-state index in [1.807, 2.05) is 24.3 Å². The number of nitrogens with one attached hydrogen (secondary N) is 2. The van der Waals surface area contributed by atoms with Gasteiger partial charge in [0.25, 0.3) is 0 Å². The summed E-state index contributed by atoms with van der Waals surface area (Å²) in [6, 6.07) is 14.6. The highest BCUT2D eigenvalue weighted by atomic mass is 35.5. The Morgan fingerprint density at radius 1 is 1.19 bits per heavy atom. The lowest BCUT2D eigenvalue weighted by atomic mass is 9.92. The minimum Gasteiger partial charge on any atom is -0.325 e. The van der Waals surface area contributed by atoms with Crippen LogP contribution in [0.4, 0.5) is 5.69 Å². The van der Waals surface area contributed by atoms with Crippen LogP contribution in [0.5, 0.6) is 0 Å². The molecular weight excluding hydrogens is 284 g/mol. The van der Waals surface area contributed by atoms with E-state index in [1.54, 1.807) is 0 Å². The lowest BCUT2D eigenvalue weighted by Crippen LogP contribution is -2.40. The fourth-order valence-corrected chi connectivity index (χ4v) is 2.94. The molecule has 1 aliphatic heterocycles. The van der Waals surface area contributed by atoms with Crippen LogP contribution in [0.1, 0.15) is 19.8 Å². The second-order valence-corrected chi connectivity index (χ2v) is 5.59. The van der Waals surface area contributed by atoms with Crippen LogP contribution < -0.4 is 10.6 Å². The van der Waals surface area contributed by atoms with Crippen molar-refractivity contribution in [2.24, 2.45) is 5.92 Å². The molecule has 1 saturated heterocycles. The maximum absolute atomic E-state index is 12.4. The first-order valence-corrected chi connectivity index (χ1v) is 7.26. The molecule has 1 fully saturated rings. The van der Waals surface area contributed by atoms with Gasteiger partial charge in [0.15, 0.2) is 0 Å². The fraction of sp³-hybridized carbons (Fsp3) is 0.353. The van der Waals surface area contributed by atoms with Crippen molar-refractivity contribution in [2.75, 3.05) is 11.9 Å². The molecule has 0 unspecified atom stereocenters. The first-order chi connectivity index (χ1) is 9.74. The van der Waals surface area contributed by atoms with Gasteiger partial charge in [0.2, 0.25) is 5.91 Å². The Morgan fingerprint density at radius 2 is 1.95 bits per heavy atom. The molecule has 1 heterocycles. The Morgan fingerprint density at radius 3 is 2.76 bits per heavy atom. The summed E-state index contributed by atoms with van der Waals surface area (Å²) in [4.78, 5) is 12.4. The summed E-state index contributed by atoms with van der Waals surface area (Å²) in [5.41, 5.74) is 0.916. The Balaban J connectivity index is 0.00000161. The minimum absolute atomic E-state index is 0.